The van der Waals surface area contributed by atoms with Crippen molar-refractivity contribution >= 4 is 38.0 Å². The predicted molar refractivity (Wildman–Crippen MR) is 53.5 cm³/mol. The van der Waals surface area contributed by atoms with Gasteiger partial charge in [0.1, 0.15) is 0 Å². The third-order valence-electron chi connectivity index (χ3n) is 1.47. The number of benzene rings is 1. The van der Waals surface area contributed by atoms with E-state index in [1.165, 1.54) is 24.6 Å². The third kappa shape index (κ3) is 1.79. The second-order valence-electron chi connectivity index (χ2n) is 2.23. The van der Waals surface area contributed by atoms with Crippen molar-refractivity contribution in [2.24, 2.45) is 0 Å². The number of aryl methyl sites for hydroxylation is 1. The standard InChI is InChI=1S/C7H9ISi/c1-5-2-3-6(8)4-7(5)9/h2-4H,1,9H3. The minimum Gasteiger partial charge on any atom is -0.0669 e. The molecule has 9 heavy (non-hydrogen) atoms. The van der Waals surface area contributed by atoms with Gasteiger partial charge in [0.2, 0.25) is 0 Å². The molecule has 2 heteroatoms. The van der Waals surface area contributed by atoms with Crippen LogP contribution in [-0.2, 0) is 0 Å². The lowest BCUT2D eigenvalue weighted by Gasteiger charge is -1.97. The Kier molecular flexibility index (Phi) is 2.29. The molecule has 0 aliphatic carbocycles. The molecule has 0 unspecified atom stereocenters. The summed E-state index contributed by atoms with van der Waals surface area (Å²) in [4.78, 5) is 0. The second kappa shape index (κ2) is 2.83. The van der Waals surface area contributed by atoms with Gasteiger partial charge in [0.25, 0.3) is 0 Å². The SMILES string of the molecule is Cc1ccc(I)cc1[SiH3]. The Balaban J connectivity index is 3.17. The summed E-state index contributed by atoms with van der Waals surface area (Å²) in [5.41, 5.74) is 1.43. The maximum absolute atomic E-state index is 2.34. The summed E-state index contributed by atoms with van der Waals surface area (Å²) in [6, 6.07) is 6.59. The smallest absolute Gasteiger partial charge is 0.0388 e. The highest BCUT2D eigenvalue weighted by molar-refractivity contribution is 14.1. The molecule has 0 aromatic heterocycles. The fourth-order valence-corrected chi connectivity index (χ4v) is 2.42. The first kappa shape index (κ1) is 7.28. The van der Waals surface area contributed by atoms with Gasteiger partial charge in [-0.2, -0.15) is 0 Å². The number of halogens is 1. The van der Waals surface area contributed by atoms with Gasteiger partial charge in [-0.1, -0.05) is 22.9 Å². The van der Waals surface area contributed by atoms with E-state index < -0.39 is 0 Å². The molecule has 1 rings (SSSR count). The molecular weight excluding hydrogens is 239 g/mol. The predicted octanol–water partition coefficient (Wildman–Crippen LogP) is 0.590. The first-order valence-corrected chi connectivity index (χ1v) is 5.01. The van der Waals surface area contributed by atoms with Crippen LogP contribution in [0.15, 0.2) is 18.2 Å². The van der Waals surface area contributed by atoms with Crippen LogP contribution in [-0.4, -0.2) is 10.2 Å². The summed E-state index contributed by atoms with van der Waals surface area (Å²) >= 11 is 2.34. The quantitative estimate of drug-likeness (QED) is 0.465. The summed E-state index contributed by atoms with van der Waals surface area (Å²) in [7, 11) is 1.17. The molecule has 0 radical (unpaired) electrons. The molecule has 0 amide bonds. The summed E-state index contributed by atoms with van der Waals surface area (Å²) < 4.78 is 1.35. The highest BCUT2D eigenvalue weighted by atomic mass is 127. The Morgan fingerprint density at radius 1 is 1.44 bits per heavy atom. The van der Waals surface area contributed by atoms with Crippen LogP contribution in [0.1, 0.15) is 5.56 Å². The van der Waals surface area contributed by atoms with Gasteiger partial charge in [-0.05, 0) is 35.6 Å². The molecule has 0 nitrogen and oxygen atoms in total. The van der Waals surface area contributed by atoms with Crippen molar-refractivity contribution in [1.29, 1.82) is 0 Å². The summed E-state index contributed by atoms with van der Waals surface area (Å²) in [5.74, 6) is 0. The molecule has 48 valence electrons. The van der Waals surface area contributed by atoms with E-state index in [1.807, 2.05) is 0 Å². The van der Waals surface area contributed by atoms with Gasteiger partial charge in [-0.25, -0.2) is 0 Å². The van der Waals surface area contributed by atoms with E-state index in [4.69, 9.17) is 0 Å². The molecule has 0 heterocycles. The van der Waals surface area contributed by atoms with E-state index in [2.05, 4.69) is 47.7 Å². The molecule has 0 atom stereocenters. The summed E-state index contributed by atoms with van der Waals surface area (Å²) in [5, 5.41) is 1.52. The lowest BCUT2D eigenvalue weighted by Crippen LogP contribution is -2.06. The number of hydrogen-bond acceptors (Lipinski definition) is 0. The van der Waals surface area contributed by atoms with E-state index in [-0.39, 0.29) is 0 Å². The molecular formula is C7H9ISi. The van der Waals surface area contributed by atoms with Crippen LogP contribution in [0.2, 0.25) is 0 Å². The summed E-state index contributed by atoms with van der Waals surface area (Å²) in [6.45, 7) is 2.17. The zero-order valence-corrected chi connectivity index (χ0v) is 9.77. The van der Waals surface area contributed by atoms with Crippen LogP contribution in [0.25, 0.3) is 0 Å². The molecule has 0 fully saturated rings. The van der Waals surface area contributed by atoms with Crippen molar-refractivity contribution in [2.45, 2.75) is 6.92 Å². The second-order valence-corrected chi connectivity index (χ2v) is 4.55. The van der Waals surface area contributed by atoms with Crippen molar-refractivity contribution in [2.75, 3.05) is 0 Å². The van der Waals surface area contributed by atoms with Crippen molar-refractivity contribution in [3.8, 4) is 0 Å². The van der Waals surface area contributed by atoms with Crippen LogP contribution in [0.3, 0.4) is 0 Å². The zero-order chi connectivity index (χ0) is 6.85. The Bertz CT molecular complexity index is 220. The molecule has 0 saturated heterocycles. The highest BCUT2D eigenvalue weighted by Crippen LogP contribution is 2.02. The van der Waals surface area contributed by atoms with Gasteiger partial charge >= 0.3 is 0 Å². The number of hydrogen-bond donors (Lipinski definition) is 0. The average Bonchev–Trinajstić information content (AvgIpc) is 1.80. The van der Waals surface area contributed by atoms with Crippen molar-refractivity contribution < 1.29 is 0 Å². The molecule has 1 aromatic rings. The van der Waals surface area contributed by atoms with Gasteiger partial charge in [-0.3, -0.25) is 0 Å². The van der Waals surface area contributed by atoms with Gasteiger partial charge < -0.3 is 0 Å². The van der Waals surface area contributed by atoms with Crippen LogP contribution in [0.5, 0.6) is 0 Å². The fraction of sp³-hybridized carbons (Fsp3) is 0.143. The van der Waals surface area contributed by atoms with E-state index in [0.717, 1.165) is 0 Å². The van der Waals surface area contributed by atoms with Gasteiger partial charge in [0.05, 0.1) is 0 Å². The van der Waals surface area contributed by atoms with E-state index >= 15 is 0 Å². The molecule has 0 spiro atoms. The third-order valence-corrected chi connectivity index (χ3v) is 3.22. The van der Waals surface area contributed by atoms with Crippen LogP contribution >= 0.6 is 22.6 Å². The van der Waals surface area contributed by atoms with Crippen LogP contribution in [0, 0.1) is 10.5 Å². The van der Waals surface area contributed by atoms with Crippen LogP contribution < -0.4 is 5.19 Å². The van der Waals surface area contributed by atoms with Gasteiger partial charge in [-0.15, -0.1) is 0 Å². The average molecular weight is 248 g/mol. The zero-order valence-electron chi connectivity index (χ0n) is 5.61. The minimum absolute atomic E-state index is 1.17. The molecule has 1 aromatic carbocycles. The first-order chi connectivity index (χ1) is 4.20. The lowest BCUT2D eigenvalue weighted by molar-refractivity contribution is 1.50. The fourth-order valence-electron chi connectivity index (χ4n) is 0.705. The summed E-state index contributed by atoms with van der Waals surface area (Å²) in [6.07, 6.45) is 0. The molecule has 0 N–H and O–H groups in total. The van der Waals surface area contributed by atoms with E-state index in [0.29, 0.717) is 0 Å². The van der Waals surface area contributed by atoms with Crippen molar-refractivity contribution in [3.05, 3.63) is 27.3 Å². The minimum atomic E-state index is 1.17. The largest absolute Gasteiger partial charge is 0.0669 e. The topological polar surface area (TPSA) is 0 Å². The van der Waals surface area contributed by atoms with Crippen LogP contribution in [0.4, 0.5) is 0 Å². The monoisotopic (exact) mass is 248 g/mol. The van der Waals surface area contributed by atoms with E-state index in [1.54, 1.807) is 0 Å². The normalized spacial score (nSPS) is 10.0. The Morgan fingerprint density at radius 3 is 2.56 bits per heavy atom. The first-order valence-electron chi connectivity index (χ1n) is 2.93. The number of rotatable bonds is 0. The van der Waals surface area contributed by atoms with E-state index in [9.17, 15) is 0 Å². The highest BCUT2D eigenvalue weighted by Gasteiger charge is 1.90. The van der Waals surface area contributed by atoms with Crippen molar-refractivity contribution in [3.63, 3.8) is 0 Å². The van der Waals surface area contributed by atoms with Gasteiger partial charge in [0.15, 0.2) is 0 Å². The molecule has 0 aliphatic rings. The van der Waals surface area contributed by atoms with Gasteiger partial charge in [0, 0.05) is 13.8 Å². The Labute approximate surface area is 72.2 Å². The molecule has 0 bridgehead atoms. The lowest BCUT2D eigenvalue weighted by atomic mass is 10.2. The van der Waals surface area contributed by atoms with Crippen molar-refractivity contribution in [1.82, 2.24) is 0 Å². The molecule has 0 saturated carbocycles. The molecule has 0 aliphatic heterocycles. The maximum atomic E-state index is 2.34. The Morgan fingerprint density at radius 2 is 2.11 bits per heavy atom. The Hall–Kier alpha value is 0.167. The maximum Gasteiger partial charge on any atom is 0.0388 e.